The van der Waals surface area contributed by atoms with Gasteiger partial charge in [0.25, 0.3) is 5.91 Å². The third-order valence-electron chi connectivity index (χ3n) is 3.19. The molecule has 0 fully saturated rings. The zero-order valence-electron chi connectivity index (χ0n) is 12.2. The monoisotopic (exact) mass is 277 g/mol. The molecule has 5 heteroatoms. The highest BCUT2D eigenvalue weighted by Crippen LogP contribution is 2.08. The molecule has 2 amide bonds. The van der Waals surface area contributed by atoms with Crippen molar-refractivity contribution >= 4 is 11.8 Å². The first-order chi connectivity index (χ1) is 9.63. The molecule has 0 atom stereocenters. The van der Waals surface area contributed by atoms with Crippen LogP contribution in [0.25, 0.3) is 0 Å². The fourth-order valence-electron chi connectivity index (χ4n) is 2.05. The molecule has 0 bridgehead atoms. The Morgan fingerprint density at radius 3 is 2.45 bits per heavy atom. The number of rotatable bonds is 7. The van der Waals surface area contributed by atoms with Gasteiger partial charge in [0.2, 0.25) is 5.91 Å². The second kappa shape index (κ2) is 8.32. The Kier molecular flexibility index (Phi) is 6.73. The molecule has 1 aromatic rings. The van der Waals surface area contributed by atoms with Gasteiger partial charge in [-0.2, -0.15) is 0 Å². The van der Waals surface area contributed by atoms with E-state index in [0.29, 0.717) is 31.6 Å². The maximum absolute atomic E-state index is 12.1. The lowest BCUT2D eigenvalue weighted by Gasteiger charge is -2.19. The minimum Gasteiger partial charge on any atom is -0.343 e. The molecule has 0 aliphatic carbocycles. The van der Waals surface area contributed by atoms with Gasteiger partial charge in [0.15, 0.2) is 0 Å². The number of likely N-dealkylation sites (N-methyl/N-ethyl adjacent to an activating group) is 1. The first-order valence-corrected chi connectivity index (χ1v) is 6.97. The van der Waals surface area contributed by atoms with E-state index in [1.165, 1.54) is 0 Å². The Hall–Kier alpha value is -1.88. The maximum Gasteiger partial charge on any atom is 0.251 e. The molecule has 3 N–H and O–H groups in total. The van der Waals surface area contributed by atoms with Crippen molar-refractivity contribution < 1.29 is 9.59 Å². The molecule has 5 nitrogen and oxygen atoms in total. The molecule has 0 aliphatic rings. The molecular formula is C15H23N3O2. The molecule has 0 aliphatic heterocycles. The lowest BCUT2D eigenvalue weighted by atomic mass is 10.0. The smallest absolute Gasteiger partial charge is 0.251 e. The van der Waals surface area contributed by atoms with E-state index in [-0.39, 0.29) is 18.4 Å². The summed E-state index contributed by atoms with van der Waals surface area (Å²) in [6.45, 7) is 5.64. The number of hydrogen-bond acceptors (Lipinski definition) is 3. The molecule has 0 saturated heterocycles. The number of carbonyl (C=O) groups excluding carboxylic acids is 2. The van der Waals surface area contributed by atoms with Crippen LogP contribution in [0.15, 0.2) is 24.3 Å². The van der Waals surface area contributed by atoms with Crippen molar-refractivity contribution in [3.05, 3.63) is 35.4 Å². The molecule has 0 radical (unpaired) electrons. The summed E-state index contributed by atoms with van der Waals surface area (Å²) in [7, 11) is 0. The molecule has 0 unspecified atom stereocenters. The van der Waals surface area contributed by atoms with E-state index < -0.39 is 0 Å². The summed E-state index contributed by atoms with van der Waals surface area (Å²) in [4.78, 5) is 25.7. The molecule has 0 spiro atoms. The largest absolute Gasteiger partial charge is 0.343 e. The Bertz CT molecular complexity index is 456. The van der Waals surface area contributed by atoms with Crippen molar-refractivity contribution in [1.29, 1.82) is 0 Å². The molecule has 1 aromatic carbocycles. The molecule has 0 saturated carbocycles. The van der Waals surface area contributed by atoms with E-state index in [1.54, 1.807) is 17.0 Å². The van der Waals surface area contributed by atoms with Gasteiger partial charge in [-0.05, 0) is 38.4 Å². The second-order valence-electron chi connectivity index (χ2n) is 4.44. The Labute approximate surface area is 120 Å². The Balaban J connectivity index is 2.65. The number of nitrogens with one attached hydrogen (secondary N) is 1. The van der Waals surface area contributed by atoms with Gasteiger partial charge < -0.3 is 16.0 Å². The second-order valence-corrected chi connectivity index (χ2v) is 4.44. The van der Waals surface area contributed by atoms with Crippen molar-refractivity contribution in [2.24, 2.45) is 5.73 Å². The van der Waals surface area contributed by atoms with Gasteiger partial charge >= 0.3 is 0 Å². The number of benzene rings is 1. The van der Waals surface area contributed by atoms with Crippen LogP contribution in [0.4, 0.5) is 0 Å². The van der Waals surface area contributed by atoms with Crippen molar-refractivity contribution in [2.75, 3.05) is 26.2 Å². The van der Waals surface area contributed by atoms with Crippen LogP contribution in [0.3, 0.4) is 0 Å². The van der Waals surface area contributed by atoms with Gasteiger partial charge in [0.1, 0.15) is 0 Å². The summed E-state index contributed by atoms with van der Waals surface area (Å²) in [6, 6.07) is 7.32. The fourth-order valence-corrected chi connectivity index (χ4v) is 2.05. The molecule has 110 valence electrons. The highest BCUT2D eigenvalue weighted by molar-refractivity contribution is 5.97. The maximum atomic E-state index is 12.1. The third-order valence-corrected chi connectivity index (χ3v) is 3.19. The van der Waals surface area contributed by atoms with Crippen LogP contribution in [0, 0.1) is 0 Å². The van der Waals surface area contributed by atoms with Crippen molar-refractivity contribution in [2.45, 2.75) is 20.3 Å². The summed E-state index contributed by atoms with van der Waals surface area (Å²) in [5.74, 6) is -0.297. The SMILES string of the molecule is CCN(CC)C(=O)CNC(=O)c1ccccc1CCN. The average molecular weight is 277 g/mol. The van der Waals surface area contributed by atoms with Gasteiger partial charge in [-0.15, -0.1) is 0 Å². The zero-order valence-corrected chi connectivity index (χ0v) is 12.2. The fraction of sp³-hybridized carbons (Fsp3) is 0.467. The van der Waals surface area contributed by atoms with Gasteiger partial charge in [-0.1, -0.05) is 18.2 Å². The minimum atomic E-state index is -0.227. The van der Waals surface area contributed by atoms with Crippen molar-refractivity contribution in [3.63, 3.8) is 0 Å². The highest BCUT2D eigenvalue weighted by atomic mass is 16.2. The van der Waals surface area contributed by atoms with Gasteiger partial charge in [-0.3, -0.25) is 9.59 Å². The van der Waals surface area contributed by atoms with Crippen LogP contribution in [-0.2, 0) is 11.2 Å². The summed E-state index contributed by atoms with van der Waals surface area (Å²) >= 11 is 0. The molecule has 0 aromatic heterocycles. The van der Waals surface area contributed by atoms with Crippen molar-refractivity contribution in [3.8, 4) is 0 Å². The topological polar surface area (TPSA) is 75.4 Å². The number of amides is 2. The summed E-state index contributed by atoms with van der Waals surface area (Å²) in [5.41, 5.74) is 7.03. The quantitative estimate of drug-likeness (QED) is 0.773. The number of nitrogens with two attached hydrogens (primary N) is 1. The van der Waals surface area contributed by atoms with E-state index >= 15 is 0 Å². The van der Waals surface area contributed by atoms with E-state index in [9.17, 15) is 9.59 Å². The predicted octanol–water partition coefficient (Wildman–Crippen LogP) is 0.786. The number of nitrogens with zero attached hydrogens (tertiary/aromatic N) is 1. The Morgan fingerprint density at radius 1 is 1.20 bits per heavy atom. The number of hydrogen-bond donors (Lipinski definition) is 2. The minimum absolute atomic E-state index is 0.0253. The normalized spacial score (nSPS) is 10.2. The molecule has 0 heterocycles. The molecule has 1 rings (SSSR count). The van der Waals surface area contributed by atoms with Gasteiger partial charge in [0.05, 0.1) is 6.54 Å². The van der Waals surface area contributed by atoms with Crippen molar-refractivity contribution in [1.82, 2.24) is 10.2 Å². The van der Waals surface area contributed by atoms with Crippen LogP contribution in [0.5, 0.6) is 0 Å². The Morgan fingerprint density at radius 2 is 1.85 bits per heavy atom. The van der Waals surface area contributed by atoms with E-state index in [4.69, 9.17) is 5.73 Å². The first kappa shape index (κ1) is 16.2. The highest BCUT2D eigenvalue weighted by Gasteiger charge is 2.14. The van der Waals surface area contributed by atoms with Crippen LogP contribution in [-0.4, -0.2) is 42.9 Å². The lowest BCUT2D eigenvalue weighted by molar-refractivity contribution is -0.129. The zero-order chi connectivity index (χ0) is 15.0. The lowest BCUT2D eigenvalue weighted by Crippen LogP contribution is -2.40. The standard InChI is InChI=1S/C15H23N3O2/c1-3-18(4-2)14(19)11-17-15(20)13-8-6-5-7-12(13)9-10-16/h5-8H,3-4,9-11,16H2,1-2H3,(H,17,20). The number of carbonyl (C=O) groups is 2. The molecular weight excluding hydrogens is 254 g/mol. The van der Waals surface area contributed by atoms with Crippen LogP contribution in [0.2, 0.25) is 0 Å². The van der Waals surface area contributed by atoms with Crippen LogP contribution in [0.1, 0.15) is 29.8 Å². The van der Waals surface area contributed by atoms with Gasteiger partial charge in [-0.25, -0.2) is 0 Å². The first-order valence-electron chi connectivity index (χ1n) is 6.97. The van der Waals surface area contributed by atoms with E-state index in [1.807, 2.05) is 26.0 Å². The predicted molar refractivity (Wildman–Crippen MR) is 79.5 cm³/mol. The summed E-state index contributed by atoms with van der Waals surface area (Å²) < 4.78 is 0. The third kappa shape index (κ3) is 4.35. The van der Waals surface area contributed by atoms with Crippen LogP contribution >= 0.6 is 0 Å². The summed E-state index contributed by atoms with van der Waals surface area (Å²) in [6.07, 6.45) is 0.646. The van der Waals surface area contributed by atoms with E-state index in [2.05, 4.69) is 5.32 Å². The van der Waals surface area contributed by atoms with Gasteiger partial charge in [0, 0.05) is 18.7 Å². The molecule has 20 heavy (non-hydrogen) atoms. The van der Waals surface area contributed by atoms with E-state index in [0.717, 1.165) is 5.56 Å². The summed E-state index contributed by atoms with van der Waals surface area (Å²) in [5, 5.41) is 2.68. The average Bonchev–Trinajstić information content (AvgIpc) is 2.47. The van der Waals surface area contributed by atoms with Crippen LogP contribution < -0.4 is 11.1 Å².